The molecule has 0 aromatic heterocycles. The van der Waals surface area contributed by atoms with Crippen molar-refractivity contribution in [3.05, 3.63) is 12.2 Å². The van der Waals surface area contributed by atoms with Gasteiger partial charge in [-0.1, -0.05) is 19.4 Å². The van der Waals surface area contributed by atoms with Crippen molar-refractivity contribution in [1.29, 1.82) is 0 Å². The molecule has 0 N–H and O–H groups in total. The van der Waals surface area contributed by atoms with E-state index in [-0.39, 0.29) is 30.1 Å². The van der Waals surface area contributed by atoms with Gasteiger partial charge >= 0.3 is 17.9 Å². The summed E-state index contributed by atoms with van der Waals surface area (Å²) in [6.07, 6.45) is 12.8. The van der Waals surface area contributed by atoms with Crippen LogP contribution >= 0.6 is 0 Å². The predicted octanol–water partition coefficient (Wildman–Crippen LogP) is 6.51. The monoisotopic (exact) mass is 510 g/mol. The fourth-order valence-electron chi connectivity index (χ4n) is 3.50. The van der Waals surface area contributed by atoms with E-state index in [4.69, 9.17) is 4.74 Å². The average Bonchev–Trinajstić information content (AvgIpc) is 3.73. The van der Waals surface area contributed by atoms with E-state index in [0.29, 0.717) is 36.7 Å². The minimum atomic E-state index is -0.389. The van der Waals surface area contributed by atoms with Crippen molar-refractivity contribution < 1.29 is 33.4 Å². The average molecular weight is 511 g/mol. The van der Waals surface area contributed by atoms with Crippen molar-refractivity contribution in [2.45, 2.75) is 118 Å². The molecule has 2 aliphatic rings. The third kappa shape index (κ3) is 20.1. The standard InChI is InChI=1S/C12H20O3.C9H16O2.C8H14O2/c1-3-15-11(14)9-10(13)5-4-6-12(2)7-8-12;1-9(6-7-9)5-3-4-8(10)11-2;1-7(2)5-4-6-8(9)10-3/h3-9H2,1-2H3;3-7H2,1-2H3;1,4-6H2,2-3H3. The number of allylic oxidation sites excluding steroid dienone is 1. The fourth-order valence-corrected chi connectivity index (χ4v) is 3.50. The maximum Gasteiger partial charge on any atom is 0.313 e. The van der Waals surface area contributed by atoms with Crippen LogP contribution in [0.1, 0.15) is 118 Å². The highest BCUT2D eigenvalue weighted by Crippen LogP contribution is 2.49. The smallest absolute Gasteiger partial charge is 0.313 e. The van der Waals surface area contributed by atoms with Crippen LogP contribution in [-0.2, 0) is 33.4 Å². The highest BCUT2D eigenvalue weighted by atomic mass is 16.5. The molecular formula is C29H50O7. The second-order valence-electron chi connectivity index (χ2n) is 10.8. The molecule has 0 amide bonds. The van der Waals surface area contributed by atoms with Crippen LogP contribution in [-0.4, -0.2) is 44.5 Å². The van der Waals surface area contributed by atoms with Gasteiger partial charge in [0.1, 0.15) is 12.2 Å². The number of esters is 3. The molecule has 0 spiro atoms. The first kappa shape index (κ1) is 33.8. The first-order valence-electron chi connectivity index (χ1n) is 13.3. The second-order valence-corrected chi connectivity index (χ2v) is 10.8. The summed E-state index contributed by atoms with van der Waals surface area (Å²) in [5.41, 5.74) is 2.20. The van der Waals surface area contributed by atoms with Gasteiger partial charge < -0.3 is 14.2 Å². The third-order valence-corrected chi connectivity index (χ3v) is 6.69. The highest BCUT2D eigenvalue weighted by molar-refractivity contribution is 5.95. The number of ether oxygens (including phenoxy) is 3. The molecule has 0 aliphatic heterocycles. The molecule has 208 valence electrons. The van der Waals surface area contributed by atoms with Gasteiger partial charge in [0.2, 0.25) is 0 Å². The summed E-state index contributed by atoms with van der Waals surface area (Å²) < 4.78 is 13.7. The van der Waals surface area contributed by atoms with Crippen LogP contribution in [0.5, 0.6) is 0 Å². The zero-order valence-electron chi connectivity index (χ0n) is 23.7. The molecule has 2 fully saturated rings. The number of ketones is 1. The van der Waals surface area contributed by atoms with E-state index in [0.717, 1.165) is 37.7 Å². The number of carbonyl (C=O) groups excluding carboxylic acids is 4. The van der Waals surface area contributed by atoms with Crippen LogP contribution in [0.3, 0.4) is 0 Å². The maximum absolute atomic E-state index is 11.3. The van der Waals surface area contributed by atoms with E-state index < -0.39 is 0 Å². The first-order chi connectivity index (χ1) is 16.9. The first-order valence-corrected chi connectivity index (χ1v) is 13.3. The van der Waals surface area contributed by atoms with Crippen LogP contribution in [0.25, 0.3) is 0 Å². The Morgan fingerprint density at radius 2 is 1.17 bits per heavy atom. The Kier molecular flexibility index (Phi) is 17.0. The molecule has 0 saturated heterocycles. The van der Waals surface area contributed by atoms with Crippen molar-refractivity contribution in [2.75, 3.05) is 20.8 Å². The molecule has 0 unspecified atom stereocenters. The van der Waals surface area contributed by atoms with Crippen LogP contribution in [0.2, 0.25) is 0 Å². The molecule has 0 heterocycles. The summed E-state index contributed by atoms with van der Waals surface area (Å²) in [6.45, 7) is 12.3. The van der Waals surface area contributed by atoms with Gasteiger partial charge in [-0.2, -0.15) is 0 Å². The Bertz CT molecular complexity index is 702. The Hall–Kier alpha value is -2.18. The number of rotatable bonds is 15. The van der Waals surface area contributed by atoms with Gasteiger partial charge in [0, 0.05) is 19.3 Å². The fraction of sp³-hybridized carbons (Fsp3) is 0.793. The van der Waals surface area contributed by atoms with Crippen LogP contribution in [0, 0.1) is 10.8 Å². The summed E-state index contributed by atoms with van der Waals surface area (Å²) in [6, 6.07) is 0. The van der Waals surface area contributed by atoms with E-state index in [1.165, 1.54) is 46.3 Å². The minimum Gasteiger partial charge on any atom is -0.469 e. The van der Waals surface area contributed by atoms with Gasteiger partial charge in [0.25, 0.3) is 0 Å². The normalized spacial score (nSPS) is 15.6. The van der Waals surface area contributed by atoms with Gasteiger partial charge in [-0.25, -0.2) is 0 Å². The lowest BCUT2D eigenvalue weighted by atomic mass is 10.00. The molecule has 0 bridgehead atoms. The molecule has 0 atom stereocenters. The predicted molar refractivity (Wildman–Crippen MR) is 141 cm³/mol. The molecule has 36 heavy (non-hydrogen) atoms. The van der Waals surface area contributed by atoms with E-state index in [1.807, 2.05) is 6.92 Å². The molecule has 7 nitrogen and oxygen atoms in total. The molecular weight excluding hydrogens is 460 g/mol. The third-order valence-electron chi connectivity index (χ3n) is 6.69. The van der Waals surface area contributed by atoms with Crippen molar-refractivity contribution in [3.8, 4) is 0 Å². The number of hydrogen-bond donors (Lipinski definition) is 0. The van der Waals surface area contributed by atoms with Crippen LogP contribution in [0.4, 0.5) is 0 Å². The van der Waals surface area contributed by atoms with Gasteiger partial charge in [-0.15, -0.1) is 6.58 Å². The number of carbonyl (C=O) groups is 4. The van der Waals surface area contributed by atoms with Crippen molar-refractivity contribution in [3.63, 3.8) is 0 Å². The largest absolute Gasteiger partial charge is 0.469 e. The summed E-state index contributed by atoms with van der Waals surface area (Å²) in [4.78, 5) is 43.6. The topological polar surface area (TPSA) is 96.0 Å². The molecule has 7 heteroatoms. The maximum atomic E-state index is 11.3. The van der Waals surface area contributed by atoms with E-state index in [1.54, 1.807) is 6.92 Å². The molecule has 2 aliphatic carbocycles. The van der Waals surface area contributed by atoms with Gasteiger partial charge in [-0.05, 0) is 88.9 Å². The Labute approximate surface area is 218 Å². The summed E-state index contributed by atoms with van der Waals surface area (Å²) in [7, 11) is 2.85. The van der Waals surface area contributed by atoms with Crippen molar-refractivity contribution in [1.82, 2.24) is 0 Å². The van der Waals surface area contributed by atoms with Crippen molar-refractivity contribution in [2.24, 2.45) is 10.8 Å². The van der Waals surface area contributed by atoms with Crippen molar-refractivity contribution >= 4 is 23.7 Å². The number of hydrogen-bond acceptors (Lipinski definition) is 7. The summed E-state index contributed by atoms with van der Waals surface area (Å²) in [5, 5.41) is 0. The zero-order chi connectivity index (χ0) is 27.6. The Balaban J connectivity index is 0.000000525. The summed E-state index contributed by atoms with van der Waals surface area (Å²) >= 11 is 0. The minimum absolute atomic E-state index is 0.0118. The lowest BCUT2D eigenvalue weighted by Gasteiger charge is -2.06. The van der Waals surface area contributed by atoms with E-state index in [9.17, 15) is 19.2 Å². The van der Waals surface area contributed by atoms with E-state index >= 15 is 0 Å². The molecule has 0 aromatic rings. The zero-order valence-corrected chi connectivity index (χ0v) is 23.7. The number of methoxy groups -OCH3 is 2. The molecule has 0 aromatic carbocycles. The second kappa shape index (κ2) is 18.1. The highest BCUT2D eigenvalue weighted by Gasteiger charge is 2.36. The van der Waals surface area contributed by atoms with Gasteiger partial charge in [-0.3, -0.25) is 19.2 Å². The summed E-state index contributed by atoms with van der Waals surface area (Å²) in [5.74, 6) is -0.590. The quantitative estimate of drug-likeness (QED) is 0.107. The van der Waals surface area contributed by atoms with E-state index in [2.05, 4.69) is 29.9 Å². The number of Topliss-reactive ketones (excluding diaryl/α,β-unsaturated/α-hetero) is 1. The molecule has 2 saturated carbocycles. The Morgan fingerprint density at radius 1 is 0.722 bits per heavy atom. The van der Waals surface area contributed by atoms with Gasteiger partial charge in [0.15, 0.2) is 0 Å². The Morgan fingerprint density at radius 3 is 1.56 bits per heavy atom. The lowest BCUT2D eigenvalue weighted by molar-refractivity contribution is -0.146. The molecule has 2 rings (SSSR count). The van der Waals surface area contributed by atoms with Crippen LogP contribution < -0.4 is 0 Å². The van der Waals surface area contributed by atoms with Gasteiger partial charge in [0.05, 0.1) is 20.8 Å². The SMILES string of the molecule is C=C(C)CCCC(=O)OC.CCOC(=O)CC(=O)CCCC1(C)CC1.COC(=O)CCCC1(C)CC1. The molecule has 0 radical (unpaired) electrons. The van der Waals surface area contributed by atoms with Crippen LogP contribution in [0.15, 0.2) is 12.2 Å². The lowest BCUT2D eigenvalue weighted by Crippen LogP contribution is -2.11.